The number of fused-ring (bicyclic) bond motifs is 2. The van der Waals surface area contributed by atoms with E-state index in [0.29, 0.717) is 53.1 Å². The molecule has 0 amide bonds. The molecule has 9 nitrogen and oxygen atoms in total. The van der Waals surface area contributed by atoms with Gasteiger partial charge in [-0.25, -0.2) is 4.98 Å². The van der Waals surface area contributed by atoms with Gasteiger partial charge in [0.15, 0.2) is 11.2 Å². The zero-order chi connectivity index (χ0) is 24.9. The Morgan fingerprint density at radius 3 is 2.56 bits per heavy atom. The molecular weight excluding hydrogens is 482 g/mol. The lowest BCUT2D eigenvalue weighted by Crippen LogP contribution is -2.05. The first-order valence-electron chi connectivity index (χ1n) is 11.2. The highest BCUT2D eigenvalue weighted by molar-refractivity contribution is 5.87. The third-order valence-electron chi connectivity index (χ3n) is 5.54. The number of azo groups is 1. The first-order valence-corrected chi connectivity index (χ1v) is 11.2. The van der Waals surface area contributed by atoms with Gasteiger partial charge in [0.1, 0.15) is 39.7 Å². The van der Waals surface area contributed by atoms with Gasteiger partial charge in [-0.05, 0) is 49.9 Å². The average molecular weight is 510 g/mol. The molecule has 4 aromatic rings. The van der Waals surface area contributed by atoms with E-state index in [9.17, 15) is 9.90 Å². The highest BCUT2D eigenvalue weighted by Gasteiger charge is 2.21. The lowest BCUT2D eigenvalue weighted by Gasteiger charge is -2.11. The second-order valence-corrected chi connectivity index (χ2v) is 8.43. The third kappa shape index (κ3) is 6.11. The second kappa shape index (κ2) is 11.5. The Hall–Kier alpha value is -4.11. The minimum Gasteiger partial charge on any atom is -0.507 e. The van der Waals surface area contributed by atoms with Gasteiger partial charge in [0.05, 0.1) is 12.3 Å². The number of rotatable bonds is 2. The summed E-state index contributed by atoms with van der Waals surface area (Å²) in [4.78, 5) is 15.9. The predicted molar refractivity (Wildman–Crippen MR) is 143 cm³/mol. The van der Waals surface area contributed by atoms with Crippen molar-refractivity contribution in [2.75, 3.05) is 18.1 Å². The monoisotopic (exact) mass is 509 g/mol. The van der Waals surface area contributed by atoms with E-state index in [-0.39, 0.29) is 34.8 Å². The number of benzene rings is 2. The molecule has 2 aromatic carbocycles. The smallest absolute Gasteiger partial charge is 0.196 e. The van der Waals surface area contributed by atoms with Crippen LogP contribution in [-0.2, 0) is 6.42 Å². The van der Waals surface area contributed by atoms with Crippen LogP contribution in [0.15, 0.2) is 74.0 Å². The Morgan fingerprint density at radius 1 is 1.08 bits per heavy atom. The van der Waals surface area contributed by atoms with Gasteiger partial charge in [0.2, 0.25) is 0 Å². The molecule has 1 aliphatic rings. The Balaban J connectivity index is 0.000000198. The lowest BCUT2D eigenvalue weighted by molar-refractivity contribution is 0.265. The number of nitrogens with zero attached hydrogens (tertiary/aromatic N) is 3. The quantitative estimate of drug-likeness (QED) is 0.287. The second-order valence-electron chi connectivity index (χ2n) is 8.43. The van der Waals surface area contributed by atoms with Crippen molar-refractivity contribution in [3.8, 4) is 11.5 Å². The predicted octanol–water partition coefficient (Wildman–Crippen LogP) is 5.85. The number of halogens is 1. The summed E-state index contributed by atoms with van der Waals surface area (Å²) in [6.07, 6.45) is 1.65. The molecule has 1 unspecified atom stereocenters. The fourth-order valence-corrected chi connectivity index (χ4v) is 3.69. The van der Waals surface area contributed by atoms with E-state index in [4.69, 9.17) is 20.6 Å². The van der Waals surface area contributed by atoms with Crippen molar-refractivity contribution in [3.05, 3.63) is 76.1 Å². The van der Waals surface area contributed by atoms with Gasteiger partial charge in [0.25, 0.3) is 0 Å². The summed E-state index contributed by atoms with van der Waals surface area (Å²) in [7, 11) is 0. The van der Waals surface area contributed by atoms with Gasteiger partial charge in [-0.1, -0.05) is 25.1 Å². The van der Waals surface area contributed by atoms with E-state index in [1.807, 2.05) is 30.3 Å². The van der Waals surface area contributed by atoms with Crippen LogP contribution in [0, 0.1) is 12.8 Å². The van der Waals surface area contributed by atoms with Crippen molar-refractivity contribution < 1.29 is 14.3 Å². The van der Waals surface area contributed by atoms with Gasteiger partial charge in [-0.3, -0.25) is 4.79 Å². The first kappa shape index (κ1) is 26.5. The molecule has 0 aliphatic carbocycles. The van der Waals surface area contributed by atoms with Crippen LogP contribution in [0.3, 0.4) is 0 Å². The van der Waals surface area contributed by atoms with E-state index in [0.717, 1.165) is 12.1 Å². The molecule has 1 atom stereocenters. The number of ether oxygens (including phenoxy) is 1. The molecule has 10 heteroatoms. The molecule has 0 saturated carbocycles. The van der Waals surface area contributed by atoms with Crippen LogP contribution in [-0.4, -0.2) is 16.7 Å². The fourth-order valence-electron chi connectivity index (χ4n) is 3.69. The standard InChI is InChI=1S/C15H16O4.C11H11N5.ClH/c1-8-3-4-10-12(18-7-8)6-13-14(15(10)17)11(16)5-9(2)19-13;12-10-7-6-9(11(13)14-10)16-15-8-4-2-1-3-5-8;/h5-6,8,17H,3-4,7H2,1-2H3;1-7H,(H4,12,13,14);1H. The minimum absolute atomic E-state index is 0. The normalized spacial score (nSPS) is 14.7. The number of nitrogen functional groups attached to an aromatic ring is 2. The molecule has 0 fully saturated rings. The molecule has 3 heterocycles. The molecule has 0 spiro atoms. The number of aryl methyl sites for hydroxylation is 1. The Kier molecular flexibility index (Phi) is 8.50. The SMILES string of the molecule is Cc1cc(=O)c2c(O)c3c(cc2o1)OCC(C)CC3.Cl.Nc1ccc(N=Nc2ccccc2)c(N)n1. The molecule has 188 valence electrons. The van der Waals surface area contributed by atoms with Crippen molar-refractivity contribution >= 4 is 46.4 Å². The summed E-state index contributed by atoms with van der Waals surface area (Å²) in [6, 6.07) is 15.8. The first-order chi connectivity index (χ1) is 16.8. The maximum Gasteiger partial charge on any atom is 0.196 e. The summed E-state index contributed by atoms with van der Waals surface area (Å²) in [5.74, 6) is 2.24. The zero-order valence-corrected chi connectivity index (χ0v) is 20.8. The molecule has 36 heavy (non-hydrogen) atoms. The topological polar surface area (TPSA) is 149 Å². The summed E-state index contributed by atoms with van der Waals surface area (Å²) >= 11 is 0. The van der Waals surface area contributed by atoms with E-state index in [1.54, 1.807) is 25.1 Å². The molecule has 0 radical (unpaired) electrons. The number of nitrogens with two attached hydrogens (primary N) is 2. The maximum atomic E-state index is 12.0. The number of hydrogen-bond donors (Lipinski definition) is 3. The van der Waals surface area contributed by atoms with Crippen LogP contribution >= 0.6 is 12.4 Å². The van der Waals surface area contributed by atoms with Gasteiger partial charge in [0, 0.05) is 17.7 Å². The number of hydrogen-bond acceptors (Lipinski definition) is 9. The molecule has 0 bridgehead atoms. The molecular formula is C26H28ClN5O4. The van der Waals surface area contributed by atoms with Crippen LogP contribution in [0.25, 0.3) is 11.0 Å². The molecule has 1 aliphatic heterocycles. The summed E-state index contributed by atoms with van der Waals surface area (Å²) in [5.41, 5.74) is 13.3. The van der Waals surface area contributed by atoms with E-state index >= 15 is 0 Å². The van der Waals surface area contributed by atoms with Gasteiger partial charge in [-0.15, -0.1) is 17.5 Å². The van der Waals surface area contributed by atoms with Gasteiger partial charge in [-0.2, -0.15) is 5.11 Å². The van der Waals surface area contributed by atoms with E-state index in [2.05, 4.69) is 22.1 Å². The largest absolute Gasteiger partial charge is 0.507 e. The van der Waals surface area contributed by atoms with Gasteiger partial charge >= 0.3 is 0 Å². The van der Waals surface area contributed by atoms with Gasteiger partial charge < -0.3 is 25.7 Å². The van der Waals surface area contributed by atoms with Crippen molar-refractivity contribution in [3.63, 3.8) is 0 Å². The number of anilines is 2. The average Bonchev–Trinajstić information content (AvgIpc) is 3.01. The highest BCUT2D eigenvalue weighted by Crippen LogP contribution is 2.38. The molecule has 2 aromatic heterocycles. The fraction of sp³-hybridized carbons (Fsp3) is 0.231. The molecule has 5 rings (SSSR count). The number of phenols is 1. The number of pyridine rings is 1. The summed E-state index contributed by atoms with van der Waals surface area (Å²) in [6.45, 7) is 4.44. The zero-order valence-electron chi connectivity index (χ0n) is 20.0. The number of aromatic hydroxyl groups is 1. The Bertz CT molecular complexity index is 1440. The third-order valence-corrected chi connectivity index (χ3v) is 5.54. The van der Waals surface area contributed by atoms with Crippen LogP contribution in [0.2, 0.25) is 0 Å². The van der Waals surface area contributed by atoms with Crippen molar-refractivity contribution in [1.29, 1.82) is 0 Å². The van der Waals surface area contributed by atoms with Crippen LogP contribution in [0.4, 0.5) is 23.0 Å². The van der Waals surface area contributed by atoms with E-state index < -0.39 is 0 Å². The number of aromatic nitrogens is 1. The minimum atomic E-state index is -0.212. The highest BCUT2D eigenvalue weighted by atomic mass is 35.5. The number of phenolic OH excluding ortho intramolecular Hbond substituents is 1. The van der Waals surface area contributed by atoms with Crippen molar-refractivity contribution in [2.24, 2.45) is 16.1 Å². The lowest BCUT2D eigenvalue weighted by atomic mass is 10.00. The maximum absolute atomic E-state index is 12.0. The Labute approximate surface area is 214 Å². The van der Waals surface area contributed by atoms with Crippen molar-refractivity contribution in [2.45, 2.75) is 26.7 Å². The molecule has 0 saturated heterocycles. The molecule has 5 N–H and O–H groups in total. The van der Waals surface area contributed by atoms with Crippen LogP contribution in [0.5, 0.6) is 11.5 Å². The Morgan fingerprint density at radius 2 is 1.83 bits per heavy atom. The van der Waals surface area contributed by atoms with Crippen LogP contribution < -0.4 is 21.6 Å². The van der Waals surface area contributed by atoms with E-state index in [1.165, 1.54) is 6.07 Å². The summed E-state index contributed by atoms with van der Waals surface area (Å²) < 4.78 is 11.2. The van der Waals surface area contributed by atoms with Crippen LogP contribution in [0.1, 0.15) is 24.7 Å². The summed E-state index contributed by atoms with van der Waals surface area (Å²) in [5, 5.41) is 18.6. The van der Waals surface area contributed by atoms with Crippen molar-refractivity contribution in [1.82, 2.24) is 4.98 Å².